The molecule has 7 heteroatoms. The molecule has 0 aliphatic carbocycles. The normalized spacial score (nSPS) is 11.4. The summed E-state index contributed by atoms with van der Waals surface area (Å²) in [6, 6.07) is 3.99. The van der Waals surface area contributed by atoms with Crippen LogP contribution in [-0.4, -0.2) is 29.3 Å². The van der Waals surface area contributed by atoms with E-state index in [4.69, 9.17) is 0 Å². The SMILES string of the molecule is CC(=O)N(CC(=O)Nc1ccc(C(F)(F)F)cc1)C(C)C. The van der Waals surface area contributed by atoms with Gasteiger partial charge in [-0.1, -0.05) is 0 Å². The zero-order chi connectivity index (χ0) is 16.2. The van der Waals surface area contributed by atoms with Crippen LogP contribution in [0.25, 0.3) is 0 Å². The van der Waals surface area contributed by atoms with Crippen molar-refractivity contribution in [2.45, 2.75) is 33.0 Å². The maximum atomic E-state index is 12.4. The molecule has 0 atom stereocenters. The van der Waals surface area contributed by atoms with Crippen molar-refractivity contribution < 1.29 is 22.8 Å². The summed E-state index contributed by atoms with van der Waals surface area (Å²) in [5.41, 5.74) is -0.534. The minimum absolute atomic E-state index is 0.138. The fraction of sp³-hybridized carbons (Fsp3) is 0.429. The van der Waals surface area contributed by atoms with Gasteiger partial charge >= 0.3 is 6.18 Å². The van der Waals surface area contributed by atoms with E-state index < -0.39 is 17.6 Å². The van der Waals surface area contributed by atoms with Crippen LogP contribution in [0.15, 0.2) is 24.3 Å². The fourth-order valence-electron chi connectivity index (χ4n) is 1.76. The van der Waals surface area contributed by atoms with Crippen molar-refractivity contribution in [1.29, 1.82) is 0 Å². The minimum Gasteiger partial charge on any atom is -0.331 e. The summed E-state index contributed by atoms with van der Waals surface area (Å²) in [7, 11) is 0. The van der Waals surface area contributed by atoms with Crippen LogP contribution in [-0.2, 0) is 15.8 Å². The molecule has 1 rings (SSSR count). The lowest BCUT2D eigenvalue weighted by molar-refractivity contribution is -0.137. The quantitative estimate of drug-likeness (QED) is 0.929. The maximum absolute atomic E-state index is 12.4. The molecule has 1 N–H and O–H groups in total. The molecule has 0 bridgehead atoms. The number of nitrogens with one attached hydrogen (secondary N) is 1. The van der Waals surface area contributed by atoms with E-state index in [1.165, 1.54) is 24.0 Å². The van der Waals surface area contributed by atoms with Crippen LogP contribution in [0.3, 0.4) is 0 Å². The smallest absolute Gasteiger partial charge is 0.331 e. The Morgan fingerprint density at radius 3 is 2.10 bits per heavy atom. The van der Waals surface area contributed by atoms with Crippen LogP contribution in [0.5, 0.6) is 0 Å². The Hall–Kier alpha value is -2.05. The van der Waals surface area contributed by atoms with Gasteiger partial charge in [0.05, 0.1) is 5.56 Å². The predicted molar refractivity (Wildman–Crippen MR) is 72.6 cm³/mol. The Balaban J connectivity index is 2.69. The van der Waals surface area contributed by atoms with Crippen LogP contribution in [0.4, 0.5) is 18.9 Å². The van der Waals surface area contributed by atoms with Gasteiger partial charge in [0, 0.05) is 18.7 Å². The number of carbonyl (C=O) groups excluding carboxylic acids is 2. The Bertz CT molecular complexity index is 510. The molecule has 1 aromatic carbocycles. The Morgan fingerprint density at radius 2 is 1.71 bits per heavy atom. The average Bonchev–Trinajstić information content (AvgIpc) is 2.34. The van der Waals surface area contributed by atoms with Gasteiger partial charge in [0.15, 0.2) is 0 Å². The summed E-state index contributed by atoms with van der Waals surface area (Å²) in [5.74, 6) is -0.703. The van der Waals surface area contributed by atoms with Crippen molar-refractivity contribution in [2.75, 3.05) is 11.9 Å². The molecule has 0 heterocycles. The second-order valence-electron chi connectivity index (χ2n) is 4.86. The van der Waals surface area contributed by atoms with Gasteiger partial charge < -0.3 is 10.2 Å². The maximum Gasteiger partial charge on any atom is 0.416 e. The van der Waals surface area contributed by atoms with Gasteiger partial charge in [-0.05, 0) is 38.1 Å². The highest BCUT2D eigenvalue weighted by atomic mass is 19.4. The zero-order valence-corrected chi connectivity index (χ0v) is 12.0. The van der Waals surface area contributed by atoms with Crippen LogP contribution in [0.1, 0.15) is 26.3 Å². The van der Waals surface area contributed by atoms with Crippen molar-refractivity contribution in [3.05, 3.63) is 29.8 Å². The molecule has 4 nitrogen and oxygen atoms in total. The molecule has 0 aromatic heterocycles. The van der Waals surface area contributed by atoms with E-state index in [9.17, 15) is 22.8 Å². The number of hydrogen-bond donors (Lipinski definition) is 1. The van der Waals surface area contributed by atoms with Gasteiger partial charge in [-0.2, -0.15) is 13.2 Å². The number of anilines is 1. The summed E-state index contributed by atoms with van der Waals surface area (Å²) in [5, 5.41) is 2.46. The van der Waals surface area contributed by atoms with E-state index in [2.05, 4.69) is 5.32 Å². The second kappa shape index (κ2) is 6.60. The van der Waals surface area contributed by atoms with E-state index in [-0.39, 0.29) is 24.2 Å². The molecular weight excluding hydrogens is 285 g/mol. The molecule has 0 unspecified atom stereocenters. The van der Waals surface area contributed by atoms with Crippen LogP contribution >= 0.6 is 0 Å². The molecular formula is C14H17F3N2O2. The first-order valence-electron chi connectivity index (χ1n) is 6.35. The predicted octanol–water partition coefficient (Wildman–Crippen LogP) is 2.90. The van der Waals surface area contributed by atoms with Gasteiger partial charge in [0.1, 0.15) is 6.54 Å². The highest BCUT2D eigenvalue weighted by Gasteiger charge is 2.30. The van der Waals surface area contributed by atoms with E-state index in [1.807, 2.05) is 0 Å². The molecule has 116 valence electrons. The van der Waals surface area contributed by atoms with Crippen molar-refractivity contribution in [3.63, 3.8) is 0 Å². The highest BCUT2D eigenvalue weighted by Crippen LogP contribution is 2.29. The molecule has 0 spiro atoms. The summed E-state index contributed by atoms with van der Waals surface area (Å²) in [6.07, 6.45) is -4.41. The molecule has 0 radical (unpaired) electrons. The van der Waals surface area contributed by atoms with Gasteiger partial charge in [0.25, 0.3) is 0 Å². The first-order chi connectivity index (χ1) is 9.61. The number of rotatable bonds is 4. The number of amides is 2. The lowest BCUT2D eigenvalue weighted by Gasteiger charge is -2.24. The molecule has 2 amide bonds. The topological polar surface area (TPSA) is 49.4 Å². The summed E-state index contributed by atoms with van der Waals surface area (Å²) < 4.78 is 37.2. The number of halogens is 3. The number of carbonyl (C=O) groups is 2. The molecule has 0 aliphatic heterocycles. The Labute approximate surface area is 120 Å². The number of alkyl halides is 3. The Morgan fingerprint density at radius 1 is 1.19 bits per heavy atom. The molecule has 21 heavy (non-hydrogen) atoms. The van der Waals surface area contributed by atoms with Crippen molar-refractivity contribution in [1.82, 2.24) is 4.90 Å². The van der Waals surface area contributed by atoms with Crippen molar-refractivity contribution in [2.24, 2.45) is 0 Å². The monoisotopic (exact) mass is 302 g/mol. The Kier molecular flexibility index (Phi) is 5.34. The van der Waals surface area contributed by atoms with Gasteiger partial charge in [-0.3, -0.25) is 9.59 Å². The highest BCUT2D eigenvalue weighted by molar-refractivity contribution is 5.94. The van der Waals surface area contributed by atoms with Crippen LogP contribution in [0.2, 0.25) is 0 Å². The third-order valence-corrected chi connectivity index (χ3v) is 2.84. The summed E-state index contributed by atoms with van der Waals surface area (Å²) >= 11 is 0. The standard InChI is InChI=1S/C14H17F3N2O2/c1-9(2)19(10(3)20)8-13(21)18-12-6-4-11(5-7-12)14(15,16)17/h4-7,9H,8H2,1-3H3,(H,18,21). The first-order valence-corrected chi connectivity index (χ1v) is 6.35. The van der Waals surface area contributed by atoms with Crippen LogP contribution < -0.4 is 5.32 Å². The lowest BCUT2D eigenvalue weighted by Crippen LogP contribution is -2.41. The van der Waals surface area contributed by atoms with Crippen molar-refractivity contribution in [3.8, 4) is 0 Å². The second-order valence-corrected chi connectivity index (χ2v) is 4.86. The zero-order valence-electron chi connectivity index (χ0n) is 12.0. The molecule has 0 fully saturated rings. The number of hydrogen-bond acceptors (Lipinski definition) is 2. The van der Waals surface area contributed by atoms with E-state index >= 15 is 0 Å². The average molecular weight is 302 g/mol. The molecule has 1 aromatic rings. The number of benzene rings is 1. The van der Waals surface area contributed by atoms with Crippen molar-refractivity contribution >= 4 is 17.5 Å². The molecule has 0 saturated heterocycles. The van der Waals surface area contributed by atoms with Crippen LogP contribution in [0, 0.1) is 0 Å². The largest absolute Gasteiger partial charge is 0.416 e. The van der Waals surface area contributed by atoms with Gasteiger partial charge in [-0.15, -0.1) is 0 Å². The summed E-state index contributed by atoms with van der Waals surface area (Å²) in [4.78, 5) is 24.5. The molecule has 0 aliphatic rings. The number of nitrogens with zero attached hydrogens (tertiary/aromatic N) is 1. The van der Waals surface area contributed by atoms with E-state index in [1.54, 1.807) is 13.8 Å². The third kappa shape index (κ3) is 5.09. The third-order valence-electron chi connectivity index (χ3n) is 2.84. The lowest BCUT2D eigenvalue weighted by atomic mass is 10.2. The first kappa shape index (κ1) is 17.0. The van der Waals surface area contributed by atoms with E-state index in [0.29, 0.717) is 0 Å². The van der Waals surface area contributed by atoms with Gasteiger partial charge in [-0.25, -0.2) is 0 Å². The van der Waals surface area contributed by atoms with E-state index in [0.717, 1.165) is 12.1 Å². The van der Waals surface area contributed by atoms with Gasteiger partial charge in [0.2, 0.25) is 11.8 Å². The fourth-order valence-corrected chi connectivity index (χ4v) is 1.76. The molecule has 0 saturated carbocycles. The minimum atomic E-state index is -4.41. The summed E-state index contributed by atoms with van der Waals surface area (Å²) in [6.45, 7) is 4.75.